The van der Waals surface area contributed by atoms with Gasteiger partial charge in [-0.15, -0.1) is 0 Å². The van der Waals surface area contributed by atoms with E-state index >= 15 is 0 Å². The first-order valence-electron chi connectivity index (χ1n) is 11.2. The van der Waals surface area contributed by atoms with Gasteiger partial charge in [-0.25, -0.2) is 0 Å². The average Bonchev–Trinajstić information content (AvgIpc) is 2.87. The predicted molar refractivity (Wildman–Crippen MR) is 136 cm³/mol. The van der Waals surface area contributed by atoms with Crippen LogP contribution in [-0.4, -0.2) is 63.1 Å². The van der Waals surface area contributed by atoms with E-state index in [-0.39, 0.29) is 13.1 Å². The van der Waals surface area contributed by atoms with E-state index in [4.69, 9.17) is 9.84 Å². The molecule has 2 N–H and O–H groups in total. The second-order valence-corrected chi connectivity index (χ2v) is 10.00. The van der Waals surface area contributed by atoms with E-state index in [9.17, 15) is 13.2 Å². The minimum atomic E-state index is -3.84. The van der Waals surface area contributed by atoms with Crippen molar-refractivity contribution in [3.8, 4) is 17.6 Å². The standard InChI is InChI=1S/C26H27N3O5S/c1-19(26(30)31)27-35(32,33)29-15-13-28(14-16-29)24-10-6-20(7-11-24)3-4-21-5-8-23-18-25(34-2)12-9-22(23)17-21/h5-12,17-19,27H,13-16H2,1-2H3,(H,30,31). The van der Waals surface area contributed by atoms with Gasteiger partial charge in [0.15, 0.2) is 0 Å². The maximum absolute atomic E-state index is 12.4. The maximum atomic E-state index is 12.4. The van der Waals surface area contributed by atoms with Crippen LogP contribution >= 0.6 is 0 Å². The first-order valence-corrected chi connectivity index (χ1v) is 12.6. The van der Waals surface area contributed by atoms with Crippen molar-refractivity contribution in [3.05, 3.63) is 71.8 Å². The van der Waals surface area contributed by atoms with Gasteiger partial charge in [0.1, 0.15) is 11.8 Å². The van der Waals surface area contributed by atoms with Gasteiger partial charge in [0.2, 0.25) is 0 Å². The molecule has 1 aliphatic heterocycles. The quantitative estimate of drug-likeness (QED) is 0.513. The molecule has 1 unspecified atom stereocenters. The number of aliphatic carboxylic acids is 1. The summed E-state index contributed by atoms with van der Waals surface area (Å²) in [4.78, 5) is 13.1. The number of piperazine rings is 1. The van der Waals surface area contributed by atoms with Crippen molar-refractivity contribution in [2.24, 2.45) is 0 Å². The van der Waals surface area contributed by atoms with Gasteiger partial charge in [0.25, 0.3) is 10.2 Å². The van der Waals surface area contributed by atoms with Gasteiger partial charge in [-0.1, -0.05) is 24.0 Å². The van der Waals surface area contributed by atoms with Crippen LogP contribution in [-0.2, 0) is 15.0 Å². The zero-order chi connectivity index (χ0) is 25.0. The topological polar surface area (TPSA) is 99.2 Å². The molecule has 0 radical (unpaired) electrons. The van der Waals surface area contributed by atoms with E-state index < -0.39 is 22.2 Å². The zero-order valence-corrected chi connectivity index (χ0v) is 20.4. The van der Waals surface area contributed by atoms with Crippen molar-refractivity contribution < 1.29 is 23.1 Å². The second-order valence-electron chi connectivity index (χ2n) is 8.29. The normalized spacial score (nSPS) is 15.3. The zero-order valence-electron chi connectivity index (χ0n) is 19.6. The highest BCUT2D eigenvalue weighted by atomic mass is 32.2. The summed E-state index contributed by atoms with van der Waals surface area (Å²) >= 11 is 0. The number of rotatable bonds is 6. The minimum Gasteiger partial charge on any atom is -0.497 e. The largest absolute Gasteiger partial charge is 0.497 e. The van der Waals surface area contributed by atoms with Crippen molar-refractivity contribution in [2.45, 2.75) is 13.0 Å². The van der Waals surface area contributed by atoms with Crippen LogP contribution in [0.15, 0.2) is 60.7 Å². The summed E-state index contributed by atoms with van der Waals surface area (Å²) in [6.07, 6.45) is 0. The number of benzene rings is 3. The third-order valence-electron chi connectivity index (χ3n) is 5.91. The molecule has 1 atom stereocenters. The Kier molecular flexibility index (Phi) is 7.26. The SMILES string of the molecule is COc1ccc2cc(C#Cc3ccc(N4CCN(S(=O)(=O)NC(C)C(=O)O)CC4)cc3)ccc2c1. The van der Waals surface area contributed by atoms with E-state index in [1.165, 1.54) is 11.2 Å². The lowest BCUT2D eigenvalue weighted by Crippen LogP contribution is -2.54. The van der Waals surface area contributed by atoms with Crippen molar-refractivity contribution in [2.75, 3.05) is 38.2 Å². The second kappa shape index (κ2) is 10.4. The molecule has 4 rings (SSSR count). The van der Waals surface area contributed by atoms with E-state index in [1.807, 2.05) is 54.6 Å². The molecule has 8 nitrogen and oxygen atoms in total. The molecule has 0 amide bonds. The van der Waals surface area contributed by atoms with Gasteiger partial charge in [-0.3, -0.25) is 4.79 Å². The van der Waals surface area contributed by atoms with Gasteiger partial charge in [0, 0.05) is 43.0 Å². The number of ether oxygens (including phenoxy) is 1. The highest BCUT2D eigenvalue weighted by Gasteiger charge is 2.29. The van der Waals surface area contributed by atoms with Crippen LogP contribution in [0.3, 0.4) is 0 Å². The number of hydrogen-bond acceptors (Lipinski definition) is 5. The molecule has 0 spiro atoms. The lowest BCUT2D eigenvalue weighted by atomic mass is 10.1. The van der Waals surface area contributed by atoms with Gasteiger partial charge in [0.05, 0.1) is 7.11 Å². The Bertz CT molecular complexity index is 1390. The molecule has 1 saturated heterocycles. The molecule has 3 aromatic rings. The van der Waals surface area contributed by atoms with Gasteiger partial charge in [-0.2, -0.15) is 17.4 Å². The van der Waals surface area contributed by atoms with Crippen LogP contribution in [0.2, 0.25) is 0 Å². The minimum absolute atomic E-state index is 0.275. The molecule has 182 valence electrons. The number of nitrogens with one attached hydrogen (secondary N) is 1. The Morgan fingerprint density at radius 2 is 1.54 bits per heavy atom. The number of nitrogens with zero attached hydrogens (tertiary/aromatic N) is 2. The molecule has 1 heterocycles. The van der Waals surface area contributed by atoms with Crippen LogP contribution in [0, 0.1) is 11.8 Å². The van der Waals surface area contributed by atoms with E-state index in [1.54, 1.807) is 7.11 Å². The Balaban J connectivity index is 1.38. The van der Waals surface area contributed by atoms with E-state index in [0.29, 0.717) is 13.1 Å². The van der Waals surface area contributed by atoms with E-state index in [2.05, 4.69) is 27.5 Å². The molecule has 9 heteroatoms. The molecule has 0 bridgehead atoms. The van der Waals surface area contributed by atoms with Gasteiger partial charge in [-0.05, 0) is 66.2 Å². The molecule has 0 aromatic heterocycles. The predicted octanol–water partition coefficient (Wildman–Crippen LogP) is 2.68. The van der Waals surface area contributed by atoms with Gasteiger partial charge < -0.3 is 14.7 Å². The summed E-state index contributed by atoms with van der Waals surface area (Å²) in [6.45, 7) is 2.87. The number of carboxylic acids is 1. The number of methoxy groups -OCH3 is 1. The van der Waals surface area contributed by atoms with Crippen molar-refractivity contribution in [1.29, 1.82) is 0 Å². The lowest BCUT2D eigenvalue weighted by molar-refractivity contribution is -0.138. The highest BCUT2D eigenvalue weighted by Crippen LogP contribution is 2.22. The highest BCUT2D eigenvalue weighted by molar-refractivity contribution is 7.87. The molecular formula is C26H27N3O5S. The summed E-state index contributed by atoms with van der Waals surface area (Å²) < 4.78 is 33.5. The van der Waals surface area contributed by atoms with Crippen molar-refractivity contribution in [3.63, 3.8) is 0 Å². The number of carboxylic acid groups (broad SMARTS) is 1. The molecule has 0 aliphatic carbocycles. The van der Waals surface area contributed by atoms with Crippen LogP contribution < -0.4 is 14.4 Å². The fraction of sp³-hybridized carbons (Fsp3) is 0.269. The molecule has 1 fully saturated rings. The molecule has 35 heavy (non-hydrogen) atoms. The van der Waals surface area contributed by atoms with Crippen molar-refractivity contribution in [1.82, 2.24) is 9.03 Å². The number of carbonyl (C=O) groups is 1. The number of fused-ring (bicyclic) bond motifs is 1. The summed E-state index contributed by atoms with van der Waals surface area (Å²) in [5.74, 6) is 6.02. The Labute approximate surface area is 205 Å². The lowest BCUT2D eigenvalue weighted by Gasteiger charge is -2.35. The smallest absolute Gasteiger partial charge is 0.321 e. The van der Waals surface area contributed by atoms with Crippen molar-refractivity contribution >= 4 is 32.6 Å². The van der Waals surface area contributed by atoms with Gasteiger partial charge >= 0.3 is 5.97 Å². The molecular weight excluding hydrogens is 466 g/mol. The third kappa shape index (κ3) is 5.92. The Morgan fingerprint density at radius 1 is 0.943 bits per heavy atom. The number of anilines is 1. The monoisotopic (exact) mass is 493 g/mol. The molecule has 3 aromatic carbocycles. The Morgan fingerprint density at radius 3 is 2.20 bits per heavy atom. The van der Waals surface area contributed by atoms with Crippen LogP contribution in [0.5, 0.6) is 5.75 Å². The first kappa shape index (κ1) is 24.5. The van der Waals surface area contributed by atoms with Crippen LogP contribution in [0.1, 0.15) is 18.1 Å². The Hall–Kier alpha value is -3.58. The maximum Gasteiger partial charge on any atom is 0.321 e. The summed E-state index contributed by atoms with van der Waals surface area (Å²) in [5.41, 5.74) is 2.80. The fourth-order valence-electron chi connectivity index (χ4n) is 3.86. The average molecular weight is 494 g/mol. The molecule has 0 saturated carbocycles. The number of hydrogen-bond donors (Lipinski definition) is 2. The first-order chi connectivity index (χ1) is 16.7. The van der Waals surface area contributed by atoms with Crippen LogP contribution in [0.4, 0.5) is 5.69 Å². The van der Waals surface area contributed by atoms with Crippen LogP contribution in [0.25, 0.3) is 10.8 Å². The third-order valence-corrected chi connectivity index (χ3v) is 7.60. The van der Waals surface area contributed by atoms with E-state index in [0.717, 1.165) is 33.3 Å². The summed E-state index contributed by atoms with van der Waals surface area (Å²) in [7, 11) is -2.19. The molecule has 1 aliphatic rings. The summed E-state index contributed by atoms with van der Waals surface area (Å²) in [5, 5.41) is 11.1. The summed E-state index contributed by atoms with van der Waals surface area (Å²) in [6, 6.07) is 18.7. The fourth-order valence-corrected chi connectivity index (χ4v) is 5.20.